The van der Waals surface area contributed by atoms with Crippen LogP contribution in [0.3, 0.4) is 0 Å². The first-order chi connectivity index (χ1) is 34.0. The molecular weight excluding hydrogens is 997 g/mol. The number of likely N-dealkylation sites (N-methyl/N-ethyl adjacent to an activating group) is 2. The highest BCUT2D eigenvalue weighted by molar-refractivity contribution is 5.84. The molecule has 73 heavy (non-hydrogen) atoms. The van der Waals surface area contributed by atoms with Crippen molar-refractivity contribution in [2.24, 2.45) is 0 Å². The summed E-state index contributed by atoms with van der Waals surface area (Å²) in [6.45, 7) is 1.94. The van der Waals surface area contributed by atoms with Crippen LogP contribution in [-0.2, 0) is 38.3 Å². The Kier molecular flexibility index (Phi) is 21.2. The first-order valence-corrected chi connectivity index (χ1v) is 23.5. The van der Waals surface area contributed by atoms with Gasteiger partial charge in [-0.25, -0.2) is 4.79 Å². The number of alkyl halides is 2. The van der Waals surface area contributed by atoms with Gasteiger partial charge in [-0.05, 0) is 65.2 Å². The summed E-state index contributed by atoms with van der Waals surface area (Å²) in [5, 5.41) is 0. The topological polar surface area (TPSA) is 145 Å². The Morgan fingerprint density at radius 1 is 0.534 bits per heavy atom. The van der Waals surface area contributed by atoms with Crippen LogP contribution in [0.4, 0.5) is 8.78 Å². The molecule has 0 fully saturated rings. The van der Waals surface area contributed by atoms with Crippen molar-refractivity contribution >= 4 is 11.9 Å². The number of halogens is 4. The number of carbonyl (C=O) groups excluding carboxylic acids is 2. The molecule has 0 radical (unpaired) electrons. The smallest absolute Gasteiger partial charge is 0.377 e. The van der Waals surface area contributed by atoms with E-state index < -0.39 is 24.3 Å². The van der Waals surface area contributed by atoms with E-state index >= 15 is 8.78 Å². The fourth-order valence-corrected chi connectivity index (χ4v) is 10.3. The van der Waals surface area contributed by atoms with Crippen LogP contribution in [0.1, 0.15) is 64.7 Å². The number of fused-ring (bicyclic) bond motifs is 2. The molecular formula is C53H70Cl2F2N2O14. The van der Waals surface area contributed by atoms with Crippen molar-refractivity contribution in [1.82, 2.24) is 0 Å². The number of benzene rings is 4. The van der Waals surface area contributed by atoms with Crippen LogP contribution in [0.2, 0.25) is 0 Å². The second kappa shape index (κ2) is 25.9. The quantitative estimate of drug-likeness (QED) is 0.0571. The molecule has 2 heterocycles. The molecule has 4 aromatic carbocycles. The Morgan fingerprint density at radius 3 is 1.42 bits per heavy atom. The van der Waals surface area contributed by atoms with Crippen molar-refractivity contribution in [3.63, 3.8) is 0 Å². The van der Waals surface area contributed by atoms with Crippen LogP contribution in [-0.4, -0.2) is 151 Å². The van der Waals surface area contributed by atoms with Crippen LogP contribution in [0, 0.1) is 0 Å². The van der Waals surface area contributed by atoms with Crippen LogP contribution in [0.15, 0.2) is 48.5 Å². The molecule has 0 unspecified atom stereocenters. The summed E-state index contributed by atoms with van der Waals surface area (Å²) < 4.78 is 98.8. The standard InChI is InChI=1S/C53H70F2N2O14.2ClH/c1-56(19-15-34-26-40(60-3)42(62-5)30-37(34)39(56)23-33-24-44(64-7)50(68-11)45(25-33)65-8)17-13-22-71-52(59)53(54,55)32-48(58)70-21-14-18-57(2)20-16-35-27-41(61-4)43(63-6)31-38(35)49(57)36-28-46(66-9)51(69-12)47(29-36)67-10;;/h24-31,39,49H,13-23,32H2,1-12H3;2*1H/q+2;;/p-2/t39-,49+,56-,57+;;/m1../s1. The van der Waals surface area contributed by atoms with Gasteiger partial charge in [-0.3, -0.25) is 4.79 Å². The summed E-state index contributed by atoms with van der Waals surface area (Å²) in [4.78, 5) is 25.8. The van der Waals surface area contributed by atoms with E-state index in [1.54, 1.807) is 71.1 Å². The minimum Gasteiger partial charge on any atom is -1.00 e. The molecule has 0 aromatic heterocycles. The van der Waals surface area contributed by atoms with Gasteiger partial charge >= 0.3 is 17.9 Å². The zero-order valence-corrected chi connectivity index (χ0v) is 45.4. The molecule has 2 aliphatic heterocycles. The number of methoxy groups -OCH3 is 10. The Bertz CT molecular complexity index is 2480. The van der Waals surface area contributed by atoms with Crippen LogP contribution < -0.4 is 72.2 Å². The van der Waals surface area contributed by atoms with E-state index in [4.69, 9.17) is 56.8 Å². The maximum Gasteiger partial charge on any atom is 0.377 e. The summed E-state index contributed by atoms with van der Waals surface area (Å²) in [5.74, 6) is -1.78. The molecule has 0 saturated heterocycles. The monoisotopic (exact) mass is 1070 g/mol. The minimum absolute atomic E-state index is 0. The lowest BCUT2D eigenvalue weighted by atomic mass is 9.85. The van der Waals surface area contributed by atoms with Crippen LogP contribution in [0.5, 0.6) is 57.5 Å². The van der Waals surface area contributed by atoms with Gasteiger partial charge in [0.1, 0.15) is 18.5 Å². The SMILES string of the molecule is COc1cc2c(cc1OC)[C@H](c1cc(OC)c(OC)c(OC)c1)[N@@+](C)(CCCOC(=O)CC(F)(F)C(=O)OCCC[N@+]1(C)CCc3cc(OC)c(OC)cc3[C@H]1Cc1cc(OC)c(OC)c(OC)c1)CC2.[Cl-].[Cl-]. The van der Waals surface area contributed by atoms with E-state index in [0.29, 0.717) is 118 Å². The summed E-state index contributed by atoms with van der Waals surface area (Å²) in [6.07, 6.45) is 1.12. The molecule has 20 heteroatoms. The van der Waals surface area contributed by atoms with Gasteiger partial charge in [-0.1, -0.05) is 0 Å². The number of hydrogen-bond donors (Lipinski definition) is 0. The fraction of sp³-hybridized carbons (Fsp3) is 0.509. The largest absolute Gasteiger partial charge is 1.00 e. The van der Waals surface area contributed by atoms with Crippen LogP contribution in [0.25, 0.3) is 0 Å². The molecule has 0 saturated carbocycles. The lowest BCUT2D eigenvalue weighted by Crippen LogP contribution is -3.00. The van der Waals surface area contributed by atoms with Crippen molar-refractivity contribution < 1.29 is 109 Å². The molecule has 16 nitrogen and oxygen atoms in total. The van der Waals surface area contributed by atoms with Crippen LogP contribution >= 0.6 is 0 Å². The molecule has 4 aromatic rings. The summed E-state index contributed by atoms with van der Waals surface area (Å²) in [7, 11) is 19.9. The molecule has 0 N–H and O–H groups in total. The van der Waals surface area contributed by atoms with Gasteiger partial charge in [-0.2, -0.15) is 8.78 Å². The summed E-state index contributed by atoms with van der Waals surface area (Å²) >= 11 is 0. The Labute approximate surface area is 439 Å². The zero-order chi connectivity index (χ0) is 51.7. The van der Waals surface area contributed by atoms with Gasteiger partial charge in [0.15, 0.2) is 46.0 Å². The van der Waals surface area contributed by atoms with Crippen molar-refractivity contribution in [2.45, 2.75) is 56.5 Å². The predicted molar refractivity (Wildman–Crippen MR) is 260 cm³/mol. The van der Waals surface area contributed by atoms with E-state index in [1.165, 1.54) is 0 Å². The van der Waals surface area contributed by atoms with Gasteiger partial charge in [0.2, 0.25) is 11.5 Å². The van der Waals surface area contributed by atoms with E-state index in [0.717, 1.165) is 33.4 Å². The lowest BCUT2D eigenvalue weighted by molar-refractivity contribution is -0.941. The van der Waals surface area contributed by atoms with Gasteiger partial charge in [0.05, 0.1) is 125 Å². The number of quaternary nitrogens is 2. The van der Waals surface area contributed by atoms with E-state index in [9.17, 15) is 9.59 Å². The number of rotatable bonds is 24. The summed E-state index contributed by atoms with van der Waals surface area (Å²) in [5.41, 5.74) is 6.01. The van der Waals surface area contributed by atoms with Gasteiger partial charge in [0.25, 0.3) is 0 Å². The number of esters is 2. The molecule has 6 rings (SSSR count). The molecule has 404 valence electrons. The molecule has 0 bridgehead atoms. The normalized spacial score (nSPS) is 18.8. The average Bonchev–Trinajstić information content (AvgIpc) is 3.37. The van der Waals surface area contributed by atoms with Gasteiger partial charge < -0.3 is 90.6 Å². The molecule has 0 amide bonds. The molecule has 4 atom stereocenters. The van der Waals surface area contributed by atoms with Crippen molar-refractivity contribution in [1.29, 1.82) is 0 Å². The average molecular weight is 1070 g/mol. The highest BCUT2D eigenvalue weighted by atomic mass is 35.5. The number of nitrogens with zero attached hydrogens (tertiary/aromatic N) is 2. The second-order valence-electron chi connectivity index (χ2n) is 18.2. The van der Waals surface area contributed by atoms with E-state index in [2.05, 4.69) is 14.1 Å². The maximum atomic E-state index is 15.4. The predicted octanol–water partition coefficient (Wildman–Crippen LogP) is 1.75. The Hall–Kier alpha value is -5.82. The molecule has 0 aliphatic carbocycles. The number of carbonyl (C=O) groups is 2. The minimum atomic E-state index is -4.10. The van der Waals surface area contributed by atoms with Gasteiger partial charge in [-0.15, -0.1) is 0 Å². The van der Waals surface area contributed by atoms with Crippen molar-refractivity contribution in [2.75, 3.05) is 125 Å². The highest BCUT2D eigenvalue weighted by Gasteiger charge is 2.46. The van der Waals surface area contributed by atoms with E-state index in [-0.39, 0.29) is 56.5 Å². The third-order valence-electron chi connectivity index (χ3n) is 14.0. The maximum absolute atomic E-state index is 15.4. The van der Waals surface area contributed by atoms with E-state index in [1.807, 2.05) is 48.5 Å². The lowest BCUT2D eigenvalue weighted by Gasteiger charge is -2.46. The third-order valence-corrected chi connectivity index (χ3v) is 14.0. The Balaban J connectivity index is 0.00000578. The van der Waals surface area contributed by atoms with Crippen molar-refractivity contribution in [3.8, 4) is 57.5 Å². The summed E-state index contributed by atoms with van der Waals surface area (Å²) in [6, 6.07) is 15.2. The van der Waals surface area contributed by atoms with Crippen molar-refractivity contribution in [3.05, 3.63) is 81.9 Å². The Morgan fingerprint density at radius 2 is 0.945 bits per heavy atom. The zero-order valence-electron chi connectivity index (χ0n) is 43.9. The first-order valence-electron chi connectivity index (χ1n) is 23.5. The number of hydrogen-bond acceptors (Lipinski definition) is 14. The van der Waals surface area contributed by atoms with Gasteiger partial charge in [0, 0.05) is 48.8 Å². The fourth-order valence-electron chi connectivity index (χ4n) is 10.3. The molecule has 2 aliphatic rings. The second-order valence-corrected chi connectivity index (χ2v) is 18.2. The molecule has 0 spiro atoms. The highest BCUT2D eigenvalue weighted by Crippen LogP contribution is 2.49. The first kappa shape index (κ1) is 59.7. The number of ether oxygens (including phenoxy) is 12. The third kappa shape index (κ3) is 12.9.